The summed E-state index contributed by atoms with van der Waals surface area (Å²) in [5.41, 5.74) is -3.90. The molecule has 3 N–H and O–H groups in total. The van der Waals surface area contributed by atoms with Gasteiger partial charge in [-0.3, -0.25) is 5.32 Å². The average molecular weight is 523 g/mol. The van der Waals surface area contributed by atoms with Gasteiger partial charge < -0.3 is 22.8 Å². The molecule has 29 heavy (non-hydrogen) atoms. The number of nitrogens with one attached hydrogen (secondary N) is 1. The number of alkyl carbamates (subject to hydrolysis) is 1. The molecule has 0 aliphatic rings. The summed E-state index contributed by atoms with van der Waals surface area (Å²) in [7, 11) is 0. The zero-order valence-corrected chi connectivity index (χ0v) is 19.3. The van der Waals surface area contributed by atoms with Crippen LogP contribution in [0.2, 0.25) is 0 Å². The molecule has 0 aromatic heterocycles. The number of aromatic hydroxyl groups is 2. The minimum absolute atomic E-state index is 0.254. The lowest BCUT2D eigenvalue weighted by atomic mass is 9.90. The maximum Gasteiger partial charge on any atom is 0.409 e. The Morgan fingerprint density at radius 2 is 1.48 bits per heavy atom. The second kappa shape index (κ2) is 9.06. The van der Waals surface area contributed by atoms with Crippen molar-refractivity contribution in [3.63, 3.8) is 0 Å². The molecule has 0 spiro atoms. The Kier molecular flexibility index (Phi) is 7.74. The average Bonchev–Trinajstić information content (AvgIpc) is 2.53. The second-order valence-corrected chi connectivity index (χ2v) is 8.84. The van der Waals surface area contributed by atoms with Gasteiger partial charge in [-0.1, -0.05) is 6.07 Å². The Labute approximate surface area is 183 Å². The highest BCUT2D eigenvalue weighted by atomic mass is 127. The minimum atomic E-state index is -2.29. The Balaban J connectivity index is 3.46. The third-order valence-electron chi connectivity index (χ3n) is 3.39. The van der Waals surface area contributed by atoms with Gasteiger partial charge in [0.25, 0.3) is 0 Å². The number of hydrogen-bond acceptors (Lipinski definition) is 8. The van der Waals surface area contributed by atoms with Crippen LogP contribution >= 0.6 is 23.0 Å². The maximum absolute atomic E-state index is 13.0. The third kappa shape index (κ3) is 7.26. The highest BCUT2D eigenvalue weighted by molar-refractivity contribution is 14.1. The summed E-state index contributed by atoms with van der Waals surface area (Å²) in [5.74, 6) is -3.00. The molecular formula is C19H26INO8. The summed E-state index contributed by atoms with van der Waals surface area (Å²) in [6.07, 6.45) is -1.45. The summed E-state index contributed by atoms with van der Waals surface area (Å²) in [6.45, 7) is 9.67. The van der Waals surface area contributed by atoms with Crippen LogP contribution < -0.4 is 5.32 Å². The number of benzene rings is 1. The number of carbonyl (C=O) groups is 3. The van der Waals surface area contributed by atoms with Crippen molar-refractivity contribution in [3.8, 4) is 11.5 Å². The Morgan fingerprint density at radius 3 is 1.93 bits per heavy atom. The smallest absolute Gasteiger partial charge is 0.409 e. The normalized spacial score (nSPS) is 13.8. The first-order valence-corrected chi connectivity index (χ1v) is 9.56. The predicted molar refractivity (Wildman–Crippen MR) is 112 cm³/mol. The molecule has 162 valence electrons. The van der Waals surface area contributed by atoms with Crippen molar-refractivity contribution in [1.82, 2.24) is 5.32 Å². The molecule has 0 heterocycles. The molecule has 1 aromatic carbocycles. The number of rotatable bonds is 5. The van der Waals surface area contributed by atoms with Crippen LogP contribution in [0.4, 0.5) is 4.79 Å². The van der Waals surface area contributed by atoms with Crippen LogP contribution in [-0.2, 0) is 28.5 Å². The largest absolute Gasteiger partial charge is 0.504 e. The van der Waals surface area contributed by atoms with Crippen molar-refractivity contribution in [2.45, 2.75) is 64.7 Å². The number of carbonyl (C=O) groups excluding carboxylic acids is 3. The van der Waals surface area contributed by atoms with Gasteiger partial charge in [-0.05, 0) is 59.2 Å². The van der Waals surface area contributed by atoms with Gasteiger partial charge >= 0.3 is 18.0 Å². The highest BCUT2D eigenvalue weighted by Gasteiger charge is 2.52. The number of ether oxygens (including phenoxy) is 2. The Bertz CT molecular complexity index is 781. The van der Waals surface area contributed by atoms with Crippen molar-refractivity contribution in [2.75, 3.05) is 0 Å². The highest BCUT2D eigenvalue weighted by Crippen LogP contribution is 2.29. The van der Waals surface area contributed by atoms with Gasteiger partial charge in [-0.2, -0.15) is 0 Å². The molecule has 0 radical (unpaired) electrons. The van der Waals surface area contributed by atoms with Crippen molar-refractivity contribution >= 4 is 41.0 Å². The number of phenols is 2. The lowest BCUT2D eigenvalue weighted by Crippen LogP contribution is -2.63. The number of hydrogen-bond donors (Lipinski definition) is 3. The van der Waals surface area contributed by atoms with Gasteiger partial charge in [0.15, 0.2) is 34.5 Å². The molecule has 0 bridgehead atoms. The standard InChI is InChI=1S/C19H26INO8/c1-17(2,3)27-14(24)19(15(25)29-20,21-16(26)28-18(4,5)6)10-11-7-8-12(22)13(23)9-11/h7-9,22-23H,10H2,1-6H3,(H,21,26). The van der Waals surface area contributed by atoms with E-state index in [1.807, 2.05) is 0 Å². The number of halogens is 1. The fraction of sp³-hybridized carbons (Fsp3) is 0.526. The van der Waals surface area contributed by atoms with Crippen LogP contribution in [0.15, 0.2) is 18.2 Å². The van der Waals surface area contributed by atoms with E-state index in [1.165, 1.54) is 35.1 Å². The van der Waals surface area contributed by atoms with Crippen LogP contribution in [-0.4, -0.2) is 45.0 Å². The molecule has 0 aliphatic carbocycles. The molecule has 10 heteroatoms. The number of esters is 1. The summed E-state index contributed by atoms with van der Waals surface area (Å²) < 4.78 is 15.3. The van der Waals surface area contributed by atoms with Gasteiger partial charge in [0.1, 0.15) is 11.2 Å². The second-order valence-electron chi connectivity index (χ2n) is 8.40. The summed E-state index contributed by atoms with van der Waals surface area (Å²) in [5, 5.41) is 21.5. The van der Waals surface area contributed by atoms with Crippen molar-refractivity contribution in [2.24, 2.45) is 0 Å². The monoisotopic (exact) mass is 523 g/mol. The van der Waals surface area contributed by atoms with E-state index in [-0.39, 0.29) is 11.3 Å². The lowest BCUT2D eigenvalue weighted by molar-refractivity contribution is -0.169. The van der Waals surface area contributed by atoms with Crippen LogP contribution in [0, 0.1) is 0 Å². The predicted octanol–water partition coefficient (Wildman–Crippen LogP) is 3.14. The van der Waals surface area contributed by atoms with Crippen molar-refractivity contribution in [3.05, 3.63) is 23.8 Å². The Morgan fingerprint density at radius 1 is 0.931 bits per heavy atom. The van der Waals surface area contributed by atoms with E-state index in [2.05, 4.69) is 5.32 Å². The SMILES string of the molecule is CC(C)(C)OC(=O)NC(Cc1ccc(O)c(O)c1)(C(=O)OI)C(=O)OC(C)(C)C. The quantitative estimate of drug-likeness (QED) is 0.232. The first-order valence-electron chi connectivity index (χ1n) is 8.68. The molecule has 9 nitrogen and oxygen atoms in total. The van der Waals surface area contributed by atoms with Crippen molar-refractivity contribution in [1.29, 1.82) is 0 Å². The number of phenolic OH excluding ortho intramolecular Hbond substituents is 2. The van der Waals surface area contributed by atoms with E-state index in [0.717, 1.165) is 6.07 Å². The minimum Gasteiger partial charge on any atom is -0.504 e. The van der Waals surface area contributed by atoms with Gasteiger partial charge in [0.2, 0.25) is 5.54 Å². The van der Waals surface area contributed by atoms with Crippen LogP contribution in [0.25, 0.3) is 0 Å². The van der Waals surface area contributed by atoms with Gasteiger partial charge in [-0.25, -0.2) is 14.4 Å². The van der Waals surface area contributed by atoms with E-state index in [4.69, 9.17) is 12.5 Å². The zero-order chi connectivity index (χ0) is 22.6. The fourth-order valence-corrected chi connectivity index (χ4v) is 2.64. The van der Waals surface area contributed by atoms with Crippen LogP contribution in [0.3, 0.4) is 0 Å². The van der Waals surface area contributed by atoms with Crippen molar-refractivity contribution < 1.29 is 37.1 Å². The topological polar surface area (TPSA) is 131 Å². The summed E-state index contributed by atoms with van der Waals surface area (Å²) >= 11 is 1.30. The molecule has 1 atom stereocenters. The van der Waals surface area contributed by atoms with Gasteiger partial charge in [0, 0.05) is 6.42 Å². The zero-order valence-electron chi connectivity index (χ0n) is 17.2. The van der Waals surface area contributed by atoms with E-state index < -0.39 is 46.9 Å². The molecule has 0 aliphatic heterocycles. The van der Waals surface area contributed by atoms with E-state index >= 15 is 0 Å². The first-order chi connectivity index (χ1) is 13.1. The fourth-order valence-electron chi connectivity index (χ4n) is 2.27. The lowest BCUT2D eigenvalue weighted by Gasteiger charge is -2.33. The van der Waals surface area contributed by atoms with E-state index in [9.17, 15) is 24.6 Å². The van der Waals surface area contributed by atoms with Crippen LogP contribution in [0.1, 0.15) is 47.1 Å². The Hall–Kier alpha value is -2.24. The molecular weight excluding hydrogens is 497 g/mol. The first kappa shape index (κ1) is 24.8. The van der Waals surface area contributed by atoms with Gasteiger partial charge in [0.05, 0.1) is 0 Å². The van der Waals surface area contributed by atoms with Gasteiger partial charge in [-0.15, -0.1) is 0 Å². The van der Waals surface area contributed by atoms with E-state index in [0.29, 0.717) is 0 Å². The molecule has 1 unspecified atom stereocenters. The summed E-state index contributed by atoms with van der Waals surface area (Å²) in [4.78, 5) is 38.2. The maximum atomic E-state index is 13.0. The molecule has 0 fully saturated rings. The molecule has 1 amide bonds. The molecule has 1 rings (SSSR count). The molecule has 1 aromatic rings. The van der Waals surface area contributed by atoms with E-state index in [1.54, 1.807) is 41.5 Å². The molecule has 0 saturated heterocycles. The number of amides is 1. The van der Waals surface area contributed by atoms with Crippen LogP contribution in [0.5, 0.6) is 11.5 Å². The third-order valence-corrected chi connectivity index (χ3v) is 3.79. The summed E-state index contributed by atoms with van der Waals surface area (Å²) in [6, 6.07) is 3.73. The molecule has 0 saturated carbocycles.